The molecular formula is C9H19N. The van der Waals surface area contributed by atoms with Crippen molar-refractivity contribution in [1.29, 1.82) is 0 Å². The predicted molar refractivity (Wildman–Crippen MR) is 45.1 cm³/mol. The van der Waals surface area contributed by atoms with Crippen molar-refractivity contribution in [3.05, 3.63) is 0 Å². The van der Waals surface area contributed by atoms with E-state index in [1.165, 1.54) is 12.8 Å². The molecule has 1 heteroatoms. The molecule has 10 heavy (non-hydrogen) atoms. The zero-order valence-corrected chi connectivity index (χ0v) is 7.59. The van der Waals surface area contributed by atoms with Gasteiger partial charge in [0.2, 0.25) is 0 Å². The number of rotatable bonds is 1. The Labute approximate surface area is 64.4 Å². The topological polar surface area (TPSA) is 3.24 Å². The van der Waals surface area contributed by atoms with E-state index in [0.717, 1.165) is 18.1 Å². The van der Waals surface area contributed by atoms with Gasteiger partial charge < -0.3 is 0 Å². The van der Waals surface area contributed by atoms with E-state index in [4.69, 9.17) is 0 Å². The minimum Gasteiger partial charge on any atom is -0.296 e. The fourth-order valence-corrected chi connectivity index (χ4v) is 2.23. The third kappa shape index (κ3) is 1.34. The second kappa shape index (κ2) is 2.91. The highest BCUT2D eigenvalue weighted by Gasteiger charge is 2.28. The average molecular weight is 141 g/mol. The Morgan fingerprint density at radius 2 is 1.50 bits per heavy atom. The normalized spacial score (nSPS) is 35.7. The molecule has 1 aliphatic heterocycles. The van der Waals surface area contributed by atoms with E-state index in [2.05, 4.69) is 32.6 Å². The van der Waals surface area contributed by atoms with Gasteiger partial charge in [0.1, 0.15) is 0 Å². The second-order valence-corrected chi connectivity index (χ2v) is 3.82. The molecule has 0 N–H and O–H groups in total. The highest BCUT2D eigenvalue weighted by atomic mass is 15.2. The fourth-order valence-electron chi connectivity index (χ4n) is 2.23. The molecule has 1 nitrogen and oxygen atoms in total. The first kappa shape index (κ1) is 8.06. The van der Waals surface area contributed by atoms with E-state index < -0.39 is 0 Å². The van der Waals surface area contributed by atoms with Gasteiger partial charge >= 0.3 is 0 Å². The monoisotopic (exact) mass is 141 g/mol. The van der Waals surface area contributed by atoms with Crippen molar-refractivity contribution in [2.24, 2.45) is 0 Å². The van der Waals surface area contributed by atoms with Crippen LogP contribution in [0.25, 0.3) is 0 Å². The molecule has 0 saturated carbocycles. The first-order valence-electron chi connectivity index (χ1n) is 4.40. The lowest BCUT2D eigenvalue weighted by atomic mass is 10.2. The Bertz CT molecular complexity index is 99.3. The molecule has 1 unspecified atom stereocenters. The molecule has 0 radical (unpaired) electrons. The summed E-state index contributed by atoms with van der Waals surface area (Å²) in [6, 6.07) is 2.36. The Morgan fingerprint density at radius 1 is 1.10 bits per heavy atom. The van der Waals surface area contributed by atoms with Gasteiger partial charge in [-0.05, 0) is 40.5 Å². The molecule has 0 aliphatic carbocycles. The molecule has 1 fully saturated rings. The fraction of sp³-hybridized carbons (Fsp3) is 1.00. The summed E-state index contributed by atoms with van der Waals surface area (Å²) in [5, 5.41) is 0. The van der Waals surface area contributed by atoms with Gasteiger partial charge in [-0.3, -0.25) is 4.90 Å². The van der Waals surface area contributed by atoms with Gasteiger partial charge in [0.25, 0.3) is 0 Å². The molecular weight excluding hydrogens is 122 g/mol. The van der Waals surface area contributed by atoms with Crippen LogP contribution >= 0.6 is 0 Å². The van der Waals surface area contributed by atoms with Crippen molar-refractivity contribution in [2.45, 2.75) is 58.7 Å². The lowest BCUT2D eigenvalue weighted by molar-refractivity contribution is 0.167. The van der Waals surface area contributed by atoms with Crippen molar-refractivity contribution in [1.82, 2.24) is 4.90 Å². The Kier molecular flexibility index (Phi) is 2.35. The summed E-state index contributed by atoms with van der Waals surface area (Å²) >= 11 is 0. The van der Waals surface area contributed by atoms with Gasteiger partial charge in [0.15, 0.2) is 0 Å². The second-order valence-electron chi connectivity index (χ2n) is 3.82. The van der Waals surface area contributed by atoms with Crippen LogP contribution in [0, 0.1) is 0 Å². The molecule has 0 aromatic rings. The number of hydrogen-bond acceptors (Lipinski definition) is 1. The molecule has 0 amide bonds. The van der Waals surface area contributed by atoms with Gasteiger partial charge in [0, 0.05) is 18.1 Å². The minimum atomic E-state index is 0.729. The SMILES string of the molecule is CC(C)N1C(C)CC[C@@H]1C. The molecule has 0 aromatic carbocycles. The highest BCUT2D eigenvalue weighted by molar-refractivity contribution is 4.84. The quantitative estimate of drug-likeness (QED) is 0.541. The lowest BCUT2D eigenvalue weighted by Gasteiger charge is -2.29. The number of likely N-dealkylation sites (tertiary alicyclic amines) is 1. The van der Waals surface area contributed by atoms with Crippen LogP contribution < -0.4 is 0 Å². The molecule has 1 aliphatic rings. The smallest absolute Gasteiger partial charge is 0.00730 e. The Balaban J connectivity index is 2.54. The highest BCUT2D eigenvalue weighted by Crippen LogP contribution is 2.25. The third-order valence-electron chi connectivity index (χ3n) is 2.62. The minimum absolute atomic E-state index is 0.729. The summed E-state index contributed by atoms with van der Waals surface area (Å²) in [7, 11) is 0. The van der Waals surface area contributed by atoms with Crippen molar-refractivity contribution >= 4 is 0 Å². The lowest BCUT2D eigenvalue weighted by Crippen LogP contribution is -2.38. The summed E-state index contributed by atoms with van der Waals surface area (Å²) in [6.07, 6.45) is 2.78. The first-order valence-corrected chi connectivity index (χ1v) is 4.40. The van der Waals surface area contributed by atoms with Gasteiger partial charge in [-0.1, -0.05) is 0 Å². The third-order valence-corrected chi connectivity index (χ3v) is 2.62. The molecule has 60 valence electrons. The maximum absolute atomic E-state index is 2.61. The van der Waals surface area contributed by atoms with Crippen LogP contribution in [0.2, 0.25) is 0 Å². The van der Waals surface area contributed by atoms with Gasteiger partial charge in [-0.2, -0.15) is 0 Å². The van der Waals surface area contributed by atoms with E-state index in [-0.39, 0.29) is 0 Å². The summed E-state index contributed by atoms with van der Waals surface area (Å²) in [6.45, 7) is 9.25. The van der Waals surface area contributed by atoms with Crippen molar-refractivity contribution in [2.75, 3.05) is 0 Å². The molecule has 0 bridgehead atoms. The molecule has 1 heterocycles. The van der Waals surface area contributed by atoms with Crippen molar-refractivity contribution in [3.8, 4) is 0 Å². The first-order chi connectivity index (χ1) is 4.63. The molecule has 1 saturated heterocycles. The number of nitrogens with zero attached hydrogens (tertiary/aromatic N) is 1. The van der Waals surface area contributed by atoms with Crippen LogP contribution in [0.1, 0.15) is 40.5 Å². The largest absolute Gasteiger partial charge is 0.296 e. The van der Waals surface area contributed by atoms with E-state index in [1.807, 2.05) is 0 Å². The Hall–Kier alpha value is -0.0400. The van der Waals surface area contributed by atoms with Crippen LogP contribution in [-0.4, -0.2) is 23.0 Å². The molecule has 1 rings (SSSR count). The van der Waals surface area contributed by atoms with Crippen molar-refractivity contribution < 1.29 is 0 Å². The molecule has 0 aromatic heterocycles. The Morgan fingerprint density at radius 3 is 1.70 bits per heavy atom. The van der Waals surface area contributed by atoms with Crippen LogP contribution in [0.4, 0.5) is 0 Å². The van der Waals surface area contributed by atoms with E-state index >= 15 is 0 Å². The summed E-state index contributed by atoms with van der Waals surface area (Å²) < 4.78 is 0. The number of hydrogen-bond donors (Lipinski definition) is 0. The van der Waals surface area contributed by atoms with Crippen LogP contribution in [0.3, 0.4) is 0 Å². The zero-order valence-electron chi connectivity index (χ0n) is 7.59. The zero-order chi connectivity index (χ0) is 7.72. The van der Waals surface area contributed by atoms with E-state index in [9.17, 15) is 0 Å². The molecule has 2 atom stereocenters. The molecule has 0 spiro atoms. The van der Waals surface area contributed by atoms with Gasteiger partial charge in [-0.25, -0.2) is 0 Å². The van der Waals surface area contributed by atoms with Crippen LogP contribution in [0.5, 0.6) is 0 Å². The van der Waals surface area contributed by atoms with Gasteiger partial charge in [0.05, 0.1) is 0 Å². The maximum Gasteiger partial charge on any atom is 0.00730 e. The maximum atomic E-state index is 2.61. The average Bonchev–Trinajstić information content (AvgIpc) is 2.11. The van der Waals surface area contributed by atoms with Crippen LogP contribution in [0.15, 0.2) is 0 Å². The summed E-state index contributed by atoms with van der Waals surface area (Å²) in [5.41, 5.74) is 0. The summed E-state index contributed by atoms with van der Waals surface area (Å²) in [4.78, 5) is 2.61. The van der Waals surface area contributed by atoms with Crippen molar-refractivity contribution in [3.63, 3.8) is 0 Å². The van der Waals surface area contributed by atoms with E-state index in [1.54, 1.807) is 0 Å². The van der Waals surface area contributed by atoms with Gasteiger partial charge in [-0.15, -0.1) is 0 Å². The van der Waals surface area contributed by atoms with E-state index in [0.29, 0.717) is 0 Å². The standard InChI is InChI=1S/C9H19N/c1-7(2)10-8(3)5-6-9(10)4/h7-9H,5-6H2,1-4H3/t8-,9?/m0/s1. The summed E-state index contributed by atoms with van der Waals surface area (Å²) in [5.74, 6) is 0. The van der Waals surface area contributed by atoms with Crippen LogP contribution in [-0.2, 0) is 0 Å². The predicted octanol–water partition coefficient (Wildman–Crippen LogP) is 2.27.